The number of nitrogens with one attached hydrogen (secondary N) is 3. The molecule has 6 rings (SSSR count). The van der Waals surface area contributed by atoms with Crippen molar-refractivity contribution < 1.29 is 4.79 Å². The molecule has 1 saturated heterocycles. The van der Waals surface area contributed by atoms with Crippen LogP contribution in [0.3, 0.4) is 0 Å². The van der Waals surface area contributed by atoms with Gasteiger partial charge in [-0.3, -0.25) is 14.9 Å². The third kappa shape index (κ3) is 3.23. The highest BCUT2D eigenvalue weighted by molar-refractivity contribution is 6.11. The van der Waals surface area contributed by atoms with Gasteiger partial charge in [-0.2, -0.15) is 5.10 Å². The summed E-state index contributed by atoms with van der Waals surface area (Å²) in [6.07, 6.45) is 6.62. The van der Waals surface area contributed by atoms with Crippen LogP contribution in [0.15, 0.2) is 53.5 Å². The fourth-order valence-corrected chi connectivity index (χ4v) is 5.44. The molecule has 1 aromatic heterocycles. The van der Waals surface area contributed by atoms with E-state index in [1.807, 2.05) is 41.3 Å². The van der Waals surface area contributed by atoms with Gasteiger partial charge in [-0.05, 0) is 43.9 Å². The summed E-state index contributed by atoms with van der Waals surface area (Å²) >= 11 is 0. The summed E-state index contributed by atoms with van der Waals surface area (Å²) < 4.78 is 0. The number of nitrogens with zero attached hydrogens (tertiary/aromatic N) is 3. The standard InChI is InChI=1S/C25H28N6O/c32-23(22-18-10-3-4-11-19(18)29-30-22)31-15-7-14-25(16-31)24(26-17-8-1-2-9-17)27-20-12-5-6-13-21(20)28-25/h3-6,10-13,17,28H,1-2,7-9,14-16H2,(H,26,27)(H,29,30). The van der Waals surface area contributed by atoms with Crippen molar-refractivity contribution in [1.29, 1.82) is 0 Å². The van der Waals surface area contributed by atoms with Crippen molar-refractivity contribution >= 4 is 34.0 Å². The van der Waals surface area contributed by atoms with Gasteiger partial charge >= 0.3 is 0 Å². The fourth-order valence-electron chi connectivity index (χ4n) is 5.44. The maximum atomic E-state index is 13.6. The van der Waals surface area contributed by atoms with Crippen LogP contribution in [-0.2, 0) is 0 Å². The number of carbonyl (C=O) groups is 1. The number of benzene rings is 2. The van der Waals surface area contributed by atoms with Gasteiger partial charge in [-0.1, -0.05) is 43.2 Å². The van der Waals surface area contributed by atoms with Gasteiger partial charge < -0.3 is 15.5 Å². The monoisotopic (exact) mass is 428 g/mol. The summed E-state index contributed by atoms with van der Waals surface area (Å²) in [5.41, 5.74) is 3.10. The van der Waals surface area contributed by atoms with Crippen molar-refractivity contribution in [2.24, 2.45) is 4.99 Å². The molecule has 3 aliphatic rings. The molecule has 3 aromatic rings. The molecule has 0 bridgehead atoms. The molecule has 1 aliphatic carbocycles. The number of amides is 1. The van der Waals surface area contributed by atoms with Crippen molar-refractivity contribution in [2.75, 3.05) is 23.7 Å². The summed E-state index contributed by atoms with van der Waals surface area (Å²) in [7, 11) is 0. The Balaban J connectivity index is 1.35. The molecule has 164 valence electrons. The van der Waals surface area contributed by atoms with E-state index in [-0.39, 0.29) is 5.91 Å². The Morgan fingerprint density at radius 3 is 2.69 bits per heavy atom. The van der Waals surface area contributed by atoms with Crippen molar-refractivity contribution in [2.45, 2.75) is 50.1 Å². The molecule has 7 heteroatoms. The van der Waals surface area contributed by atoms with Crippen molar-refractivity contribution in [3.05, 3.63) is 54.2 Å². The topological polar surface area (TPSA) is 85.4 Å². The number of anilines is 2. The maximum Gasteiger partial charge on any atom is 0.275 e. The molecule has 1 spiro atoms. The largest absolute Gasteiger partial charge is 0.370 e. The second-order valence-electron chi connectivity index (χ2n) is 9.24. The molecule has 2 fully saturated rings. The zero-order valence-electron chi connectivity index (χ0n) is 18.1. The van der Waals surface area contributed by atoms with Crippen LogP contribution in [-0.4, -0.2) is 51.5 Å². The average Bonchev–Trinajstić information content (AvgIpc) is 3.49. The van der Waals surface area contributed by atoms with Crippen LogP contribution in [0, 0.1) is 0 Å². The first-order valence-corrected chi connectivity index (χ1v) is 11.7. The van der Waals surface area contributed by atoms with Crippen molar-refractivity contribution in [3.8, 4) is 0 Å². The van der Waals surface area contributed by atoms with Crippen LogP contribution in [0.2, 0.25) is 0 Å². The lowest BCUT2D eigenvalue weighted by molar-refractivity contribution is 0.0690. The number of hydrogen-bond donors (Lipinski definition) is 3. The van der Waals surface area contributed by atoms with Gasteiger partial charge in [-0.25, -0.2) is 0 Å². The molecule has 2 aliphatic heterocycles. The van der Waals surface area contributed by atoms with E-state index in [1.54, 1.807) is 0 Å². The predicted octanol–water partition coefficient (Wildman–Crippen LogP) is 4.42. The maximum absolute atomic E-state index is 13.6. The van der Waals surface area contributed by atoms with Crippen LogP contribution >= 0.6 is 0 Å². The average molecular weight is 429 g/mol. The lowest BCUT2D eigenvalue weighted by Gasteiger charge is -2.47. The Bertz CT molecular complexity index is 1190. The Kier molecular flexibility index (Phi) is 4.63. The van der Waals surface area contributed by atoms with E-state index in [1.165, 1.54) is 12.8 Å². The number of aromatic amines is 1. The summed E-state index contributed by atoms with van der Waals surface area (Å²) in [6, 6.07) is 16.4. The first kappa shape index (κ1) is 19.3. The Morgan fingerprint density at radius 1 is 1.03 bits per heavy atom. The van der Waals surface area contributed by atoms with Gasteiger partial charge in [0.2, 0.25) is 0 Å². The fraction of sp³-hybridized carbons (Fsp3) is 0.400. The number of amidine groups is 1. The van der Waals surface area contributed by atoms with Crippen molar-refractivity contribution in [1.82, 2.24) is 15.1 Å². The summed E-state index contributed by atoms with van der Waals surface area (Å²) in [6.45, 7) is 1.29. The smallest absolute Gasteiger partial charge is 0.275 e. The minimum absolute atomic E-state index is 0.0256. The molecule has 1 atom stereocenters. The molecule has 1 unspecified atom stereocenters. The number of likely N-dealkylation sites (tertiary alicyclic amines) is 1. The van der Waals surface area contributed by atoms with E-state index in [2.05, 4.69) is 33.0 Å². The van der Waals surface area contributed by atoms with Crippen LogP contribution in [0.1, 0.15) is 49.0 Å². The zero-order chi connectivity index (χ0) is 21.5. The number of rotatable bonds is 2. The van der Waals surface area contributed by atoms with Crippen LogP contribution in [0.4, 0.5) is 11.4 Å². The van der Waals surface area contributed by atoms with Crippen LogP contribution < -0.4 is 10.6 Å². The molecule has 7 nitrogen and oxygen atoms in total. The van der Waals surface area contributed by atoms with Crippen molar-refractivity contribution in [3.63, 3.8) is 0 Å². The number of para-hydroxylation sites is 3. The van der Waals surface area contributed by atoms with E-state index in [9.17, 15) is 4.79 Å². The van der Waals surface area contributed by atoms with E-state index >= 15 is 0 Å². The second kappa shape index (κ2) is 7.65. The molecule has 3 heterocycles. The number of hydrogen-bond acceptors (Lipinski definition) is 4. The molecule has 32 heavy (non-hydrogen) atoms. The first-order valence-electron chi connectivity index (χ1n) is 11.7. The van der Waals surface area contributed by atoms with Gasteiger partial charge in [-0.15, -0.1) is 0 Å². The Labute approximate surface area is 187 Å². The number of aromatic nitrogens is 2. The first-order chi connectivity index (χ1) is 15.7. The predicted molar refractivity (Wildman–Crippen MR) is 127 cm³/mol. The molecule has 1 amide bonds. The van der Waals surface area contributed by atoms with Gasteiger partial charge in [0.15, 0.2) is 5.69 Å². The normalized spacial score (nSPS) is 24.5. The minimum atomic E-state index is -0.406. The third-order valence-electron chi connectivity index (χ3n) is 7.10. The van der Waals surface area contributed by atoms with Gasteiger partial charge in [0, 0.05) is 11.9 Å². The van der Waals surface area contributed by atoms with Crippen LogP contribution in [0.5, 0.6) is 0 Å². The van der Waals surface area contributed by atoms with Crippen LogP contribution in [0.25, 0.3) is 10.9 Å². The third-order valence-corrected chi connectivity index (χ3v) is 7.10. The number of piperidine rings is 1. The minimum Gasteiger partial charge on any atom is -0.370 e. The lowest BCUT2D eigenvalue weighted by Crippen LogP contribution is -2.62. The molecule has 3 N–H and O–H groups in total. The number of fused-ring (bicyclic) bond motifs is 2. The number of H-pyrrole nitrogens is 1. The lowest BCUT2D eigenvalue weighted by atomic mass is 9.84. The van der Waals surface area contributed by atoms with Gasteiger partial charge in [0.1, 0.15) is 11.4 Å². The number of carbonyl (C=O) groups excluding carboxylic acids is 1. The van der Waals surface area contributed by atoms with Gasteiger partial charge in [0.05, 0.1) is 29.5 Å². The molecule has 0 radical (unpaired) electrons. The van der Waals surface area contributed by atoms with E-state index < -0.39 is 5.54 Å². The highest BCUT2D eigenvalue weighted by Crippen LogP contribution is 2.37. The highest BCUT2D eigenvalue weighted by Gasteiger charge is 2.45. The molecular weight excluding hydrogens is 400 g/mol. The Morgan fingerprint density at radius 2 is 1.81 bits per heavy atom. The Hall–Kier alpha value is -3.35. The molecular formula is C25H28N6O. The molecule has 1 saturated carbocycles. The SMILES string of the molecule is O=C(c1n[nH]c2ccccc12)N1CCCC2(C1)Nc1ccccc1NC2=NC1CCCC1. The summed E-state index contributed by atoms with van der Waals surface area (Å²) in [5, 5.41) is 15.7. The van der Waals surface area contributed by atoms with E-state index in [4.69, 9.17) is 4.99 Å². The van der Waals surface area contributed by atoms with Gasteiger partial charge in [0.25, 0.3) is 5.91 Å². The zero-order valence-corrected chi connectivity index (χ0v) is 18.1. The second-order valence-corrected chi connectivity index (χ2v) is 9.24. The number of aliphatic imine (C=N–C) groups is 1. The quantitative estimate of drug-likeness (QED) is 0.564. The van der Waals surface area contributed by atoms with E-state index in [0.29, 0.717) is 18.3 Å². The molecule has 2 aromatic carbocycles. The summed E-state index contributed by atoms with van der Waals surface area (Å²) in [5.74, 6) is 0.954. The van der Waals surface area contributed by atoms with E-state index in [0.717, 1.165) is 60.3 Å². The highest BCUT2D eigenvalue weighted by atomic mass is 16.2. The summed E-state index contributed by atoms with van der Waals surface area (Å²) in [4.78, 5) is 20.7.